The molecule has 1 aromatic rings. The number of aromatic nitrogens is 1. The lowest BCUT2D eigenvalue weighted by Gasteiger charge is -2.30. The number of carbonyl (C=O) groups excluding carboxylic acids is 1. The lowest BCUT2D eigenvalue weighted by atomic mass is 9.85. The fourth-order valence-corrected chi connectivity index (χ4v) is 1.71. The maximum atomic E-state index is 11.8. The number of aliphatic carboxylic acids is 1. The summed E-state index contributed by atoms with van der Waals surface area (Å²) in [5.74, 6) is 0.230. The van der Waals surface area contributed by atoms with Crippen LogP contribution in [0.4, 0.5) is 4.79 Å². The van der Waals surface area contributed by atoms with E-state index in [4.69, 9.17) is 9.52 Å². The van der Waals surface area contributed by atoms with Gasteiger partial charge in [0.15, 0.2) is 0 Å². The van der Waals surface area contributed by atoms with Crippen LogP contribution in [0.15, 0.2) is 10.6 Å². The Morgan fingerprint density at radius 1 is 1.43 bits per heavy atom. The first kappa shape index (κ1) is 17.0. The standard InChI is InChI=1S/C14H23N3O4/c1-5-9-7-15-11(21-9)8-16-13(20)17-10(6-12(18)19)14(2,3)4/h7,10H,5-6,8H2,1-4H3,(H,18,19)(H2,16,17,20). The van der Waals surface area contributed by atoms with E-state index in [1.165, 1.54) is 0 Å². The number of hydrogen-bond donors (Lipinski definition) is 3. The summed E-state index contributed by atoms with van der Waals surface area (Å²) in [6.45, 7) is 7.74. The number of oxazole rings is 1. The second kappa shape index (κ2) is 7.10. The van der Waals surface area contributed by atoms with Crippen molar-refractivity contribution in [2.45, 2.75) is 53.1 Å². The van der Waals surface area contributed by atoms with Gasteiger partial charge in [-0.2, -0.15) is 0 Å². The molecule has 21 heavy (non-hydrogen) atoms. The molecule has 1 atom stereocenters. The summed E-state index contributed by atoms with van der Waals surface area (Å²) >= 11 is 0. The van der Waals surface area contributed by atoms with Gasteiger partial charge in [0.2, 0.25) is 5.89 Å². The highest BCUT2D eigenvalue weighted by atomic mass is 16.4. The van der Waals surface area contributed by atoms with Gasteiger partial charge in [0.05, 0.1) is 19.2 Å². The molecule has 0 saturated heterocycles. The molecule has 1 heterocycles. The van der Waals surface area contributed by atoms with Crippen molar-refractivity contribution in [3.05, 3.63) is 17.8 Å². The third-order valence-electron chi connectivity index (χ3n) is 3.08. The van der Waals surface area contributed by atoms with Gasteiger partial charge < -0.3 is 20.2 Å². The van der Waals surface area contributed by atoms with Crippen molar-refractivity contribution < 1.29 is 19.1 Å². The zero-order valence-corrected chi connectivity index (χ0v) is 12.9. The summed E-state index contributed by atoms with van der Waals surface area (Å²) < 4.78 is 5.37. The molecule has 0 radical (unpaired) electrons. The predicted octanol–water partition coefficient (Wildman–Crippen LogP) is 1.93. The Morgan fingerprint density at radius 3 is 2.57 bits per heavy atom. The molecular weight excluding hydrogens is 274 g/mol. The lowest BCUT2D eigenvalue weighted by Crippen LogP contribution is -2.48. The smallest absolute Gasteiger partial charge is 0.315 e. The molecule has 2 amide bonds. The minimum Gasteiger partial charge on any atom is -0.481 e. The second-order valence-corrected chi connectivity index (χ2v) is 5.92. The quantitative estimate of drug-likeness (QED) is 0.744. The summed E-state index contributed by atoms with van der Waals surface area (Å²) in [6.07, 6.45) is 2.23. The molecule has 3 N–H and O–H groups in total. The molecule has 1 unspecified atom stereocenters. The van der Waals surface area contributed by atoms with Crippen molar-refractivity contribution in [1.29, 1.82) is 0 Å². The molecule has 0 spiro atoms. The van der Waals surface area contributed by atoms with Crippen LogP contribution in [0.5, 0.6) is 0 Å². The Hall–Kier alpha value is -2.05. The Kier molecular flexibility index (Phi) is 5.75. The number of carboxylic acids is 1. The number of nitrogens with zero attached hydrogens (tertiary/aromatic N) is 1. The van der Waals surface area contributed by atoms with Gasteiger partial charge in [-0.3, -0.25) is 4.79 Å². The molecule has 1 aromatic heterocycles. The van der Waals surface area contributed by atoms with E-state index in [0.29, 0.717) is 5.89 Å². The highest BCUT2D eigenvalue weighted by Gasteiger charge is 2.28. The van der Waals surface area contributed by atoms with Crippen LogP contribution in [-0.2, 0) is 17.8 Å². The molecule has 0 fully saturated rings. The van der Waals surface area contributed by atoms with E-state index in [9.17, 15) is 9.59 Å². The number of carbonyl (C=O) groups is 2. The molecule has 0 aliphatic rings. The van der Waals surface area contributed by atoms with E-state index in [0.717, 1.165) is 12.2 Å². The zero-order chi connectivity index (χ0) is 16.0. The third-order valence-corrected chi connectivity index (χ3v) is 3.08. The normalized spacial score (nSPS) is 12.8. The van der Waals surface area contributed by atoms with E-state index >= 15 is 0 Å². The number of rotatable bonds is 6. The van der Waals surface area contributed by atoms with Crippen molar-refractivity contribution in [1.82, 2.24) is 15.6 Å². The lowest BCUT2D eigenvalue weighted by molar-refractivity contribution is -0.138. The number of amides is 2. The van der Waals surface area contributed by atoms with Crippen LogP contribution in [0.2, 0.25) is 0 Å². The summed E-state index contributed by atoms with van der Waals surface area (Å²) in [5.41, 5.74) is -0.353. The molecule has 7 heteroatoms. The Bertz CT molecular complexity index is 491. The minimum atomic E-state index is -0.949. The molecule has 1 rings (SSSR count). The number of urea groups is 1. The highest BCUT2D eigenvalue weighted by Crippen LogP contribution is 2.21. The van der Waals surface area contributed by atoms with Crippen molar-refractivity contribution in [3.8, 4) is 0 Å². The first-order valence-electron chi connectivity index (χ1n) is 6.92. The van der Waals surface area contributed by atoms with E-state index < -0.39 is 18.0 Å². The second-order valence-electron chi connectivity index (χ2n) is 5.92. The van der Waals surface area contributed by atoms with Crippen LogP contribution >= 0.6 is 0 Å². The van der Waals surface area contributed by atoms with Crippen LogP contribution in [0.1, 0.15) is 45.8 Å². The summed E-state index contributed by atoms with van der Waals surface area (Å²) in [5, 5.41) is 14.2. The van der Waals surface area contributed by atoms with E-state index in [1.54, 1.807) is 6.20 Å². The minimum absolute atomic E-state index is 0.129. The van der Waals surface area contributed by atoms with Gasteiger partial charge >= 0.3 is 12.0 Å². The highest BCUT2D eigenvalue weighted by molar-refractivity contribution is 5.75. The van der Waals surface area contributed by atoms with Crippen LogP contribution in [0, 0.1) is 5.41 Å². The molecule has 0 aliphatic carbocycles. The Morgan fingerprint density at radius 2 is 2.10 bits per heavy atom. The zero-order valence-electron chi connectivity index (χ0n) is 12.9. The van der Waals surface area contributed by atoms with Gasteiger partial charge in [0, 0.05) is 12.5 Å². The van der Waals surface area contributed by atoms with Gasteiger partial charge in [-0.05, 0) is 5.41 Å². The average Bonchev–Trinajstić information content (AvgIpc) is 2.82. The summed E-state index contributed by atoms with van der Waals surface area (Å²) in [4.78, 5) is 26.7. The molecular formula is C14H23N3O4. The van der Waals surface area contributed by atoms with Crippen LogP contribution in [0.3, 0.4) is 0 Å². The fraction of sp³-hybridized carbons (Fsp3) is 0.643. The van der Waals surface area contributed by atoms with Crippen molar-refractivity contribution >= 4 is 12.0 Å². The van der Waals surface area contributed by atoms with E-state index in [2.05, 4.69) is 15.6 Å². The molecule has 0 saturated carbocycles. The molecule has 0 aliphatic heterocycles. The predicted molar refractivity (Wildman–Crippen MR) is 76.7 cm³/mol. The van der Waals surface area contributed by atoms with Crippen LogP contribution < -0.4 is 10.6 Å². The Labute approximate surface area is 124 Å². The topological polar surface area (TPSA) is 104 Å². The third kappa shape index (κ3) is 5.85. The van der Waals surface area contributed by atoms with E-state index in [-0.39, 0.29) is 18.4 Å². The summed E-state index contributed by atoms with van der Waals surface area (Å²) in [6, 6.07) is -0.904. The van der Waals surface area contributed by atoms with Gasteiger partial charge in [-0.25, -0.2) is 9.78 Å². The van der Waals surface area contributed by atoms with Crippen molar-refractivity contribution in [3.63, 3.8) is 0 Å². The number of carboxylic acid groups (broad SMARTS) is 1. The van der Waals surface area contributed by atoms with E-state index in [1.807, 2.05) is 27.7 Å². The van der Waals surface area contributed by atoms with Gasteiger partial charge in [0.25, 0.3) is 0 Å². The van der Waals surface area contributed by atoms with Gasteiger partial charge in [-0.1, -0.05) is 27.7 Å². The Balaban J connectivity index is 2.52. The number of aryl methyl sites for hydroxylation is 1. The first-order chi connectivity index (χ1) is 9.72. The maximum Gasteiger partial charge on any atom is 0.315 e. The largest absolute Gasteiger partial charge is 0.481 e. The molecule has 0 bridgehead atoms. The van der Waals surface area contributed by atoms with Gasteiger partial charge in [-0.15, -0.1) is 0 Å². The SMILES string of the molecule is CCc1cnc(CNC(=O)NC(CC(=O)O)C(C)(C)C)o1. The molecule has 7 nitrogen and oxygen atoms in total. The van der Waals surface area contributed by atoms with Crippen LogP contribution in [0.25, 0.3) is 0 Å². The summed E-state index contributed by atoms with van der Waals surface area (Å²) in [7, 11) is 0. The fourth-order valence-electron chi connectivity index (χ4n) is 1.71. The molecule has 0 aromatic carbocycles. The molecule has 118 valence electrons. The maximum absolute atomic E-state index is 11.8. The monoisotopic (exact) mass is 297 g/mol. The number of nitrogens with one attached hydrogen (secondary N) is 2. The first-order valence-corrected chi connectivity index (χ1v) is 6.92. The van der Waals surface area contributed by atoms with Crippen LogP contribution in [-0.4, -0.2) is 28.1 Å². The van der Waals surface area contributed by atoms with Crippen molar-refractivity contribution in [2.75, 3.05) is 0 Å². The average molecular weight is 297 g/mol. The number of hydrogen-bond acceptors (Lipinski definition) is 4. The van der Waals surface area contributed by atoms with Gasteiger partial charge in [0.1, 0.15) is 5.76 Å². The van der Waals surface area contributed by atoms with Crippen molar-refractivity contribution in [2.24, 2.45) is 5.41 Å².